The number of pyridine rings is 2. The molecular weight excluding hydrogens is 433 g/mol. The average molecular weight is 452 g/mol. The number of anilines is 1. The van der Waals surface area contributed by atoms with Gasteiger partial charge in [0, 0.05) is 30.9 Å². The van der Waals surface area contributed by atoms with Gasteiger partial charge in [0.05, 0.1) is 17.0 Å². The van der Waals surface area contributed by atoms with E-state index in [4.69, 9.17) is 11.6 Å². The number of aromatic nitrogens is 2. The zero-order valence-electron chi connectivity index (χ0n) is 18.2. The number of rotatable bonds is 6. The molecule has 1 N–H and O–H groups in total. The second kappa shape index (κ2) is 9.01. The van der Waals surface area contributed by atoms with Gasteiger partial charge in [0.1, 0.15) is 48.4 Å². The highest BCUT2D eigenvalue weighted by atomic mass is 35.5. The molecule has 0 aromatic carbocycles. The molecule has 0 atom stereocenters. The second-order valence-corrected chi connectivity index (χ2v) is 9.22. The molecule has 0 amide bonds. The summed E-state index contributed by atoms with van der Waals surface area (Å²) in [4.78, 5) is 10.5. The van der Waals surface area contributed by atoms with Crippen molar-refractivity contribution in [2.24, 2.45) is 0 Å². The molecule has 160 valence electrons. The minimum absolute atomic E-state index is 0.0998. The van der Waals surface area contributed by atoms with Gasteiger partial charge < -0.3 is 10.1 Å². The van der Waals surface area contributed by atoms with Crippen molar-refractivity contribution in [3.63, 3.8) is 0 Å². The van der Waals surface area contributed by atoms with Crippen molar-refractivity contribution >= 4 is 48.8 Å². The van der Waals surface area contributed by atoms with E-state index in [2.05, 4.69) is 37.1 Å². The Bertz CT molecular complexity index is 1100. The van der Waals surface area contributed by atoms with Crippen LogP contribution in [0.5, 0.6) is 5.88 Å². The lowest BCUT2D eigenvalue weighted by molar-refractivity contribution is -0.0528. The van der Waals surface area contributed by atoms with Crippen LogP contribution in [0.15, 0.2) is 18.3 Å². The van der Waals surface area contributed by atoms with Gasteiger partial charge in [-0.05, 0) is 22.9 Å². The summed E-state index contributed by atoms with van der Waals surface area (Å²) < 4.78 is 29.0. The molecule has 1 aliphatic heterocycles. The first-order valence-electron chi connectivity index (χ1n) is 9.90. The quantitative estimate of drug-likeness (QED) is 0.439. The van der Waals surface area contributed by atoms with Gasteiger partial charge >= 0.3 is 6.61 Å². The molecule has 7 nitrogen and oxygen atoms in total. The maximum absolute atomic E-state index is 12.4. The Morgan fingerprint density at radius 2 is 2.06 bits per heavy atom. The van der Waals surface area contributed by atoms with E-state index in [1.165, 1.54) is 12.3 Å². The Kier molecular flexibility index (Phi) is 6.73. The zero-order chi connectivity index (χ0) is 23.7. The average Bonchev–Trinajstić information content (AvgIpc) is 2.69. The number of nitriles is 2. The van der Waals surface area contributed by atoms with Gasteiger partial charge in [-0.2, -0.15) is 19.3 Å². The number of halogens is 3. The molecular formula is C18H19B4ClF2N6O. The van der Waals surface area contributed by atoms with Crippen LogP contribution >= 0.6 is 11.6 Å². The normalized spacial score (nSPS) is 15.4. The number of hydrogen-bond acceptors (Lipinski definition) is 7. The summed E-state index contributed by atoms with van der Waals surface area (Å²) in [5, 5.41) is 21.1. The summed E-state index contributed by atoms with van der Waals surface area (Å²) in [5.41, 5.74) is 2.77. The van der Waals surface area contributed by atoms with Crippen LogP contribution in [0.1, 0.15) is 22.3 Å². The van der Waals surface area contributed by atoms with E-state index in [9.17, 15) is 19.3 Å². The van der Waals surface area contributed by atoms with Gasteiger partial charge in [-0.1, -0.05) is 17.7 Å². The number of ether oxygens (including phenoxy) is 1. The van der Waals surface area contributed by atoms with Crippen molar-refractivity contribution in [2.75, 3.05) is 11.9 Å². The predicted molar refractivity (Wildman–Crippen MR) is 127 cm³/mol. The van der Waals surface area contributed by atoms with Gasteiger partial charge in [-0.15, -0.1) is 0 Å². The minimum Gasteiger partial charge on any atom is -0.417 e. The van der Waals surface area contributed by atoms with Crippen LogP contribution in [0.3, 0.4) is 0 Å². The van der Waals surface area contributed by atoms with Crippen molar-refractivity contribution in [2.45, 2.75) is 30.3 Å². The van der Waals surface area contributed by atoms with Crippen molar-refractivity contribution in [1.29, 1.82) is 10.5 Å². The zero-order valence-corrected chi connectivity index (χ0v) is 19.0. The molecule has 0 saturated heterocycles. The SMILES string of the molecule is BC(B)(C#N)Nc1nc(Cl)c(C#N)c2c1CN(Cc1ccc(OC(F)F)nc1)CC2(B)B. The standard InChI is InChI=1S/C18H19B4ClF2N6O/c19-17(20)8-31(5-9-1-2-12(28-4-9)32-16(24)25)6-11-13(17)10(3-26)14(23)29-15(11)30-18(21,22)7-27/h1-2,4,16H,5-6,8,19-22H2,(H,29,30). The van der Waals surface area contributed by atoms with E-state index < -0.39 is 17.2 Å². The van der Waals surface area contributed by atoms with Crippen LogP contribution in [0.2, 0.25) is 5.15 Å². The molecule has 14 heteroatoms. The summed E-state index contributed by atoms with van der Waals surface area (Å²) in [7, 11) is 7.50. The molecule has 3 heterocycles. The Balaban J connectivity index is 1.97. The molecule has 32 heavy (non-hydrogen) atoms. The van der Waals surface area contributed by atoms with Crippen LogP contribution in [-0.2, 0) is 18.3 Å². The number of nitrogens with one attached hydrogen (secondary N) is 1. The van der Waals surface area contributed by atoms with Crippen LogP contribution in [0, 0.1) is 22.7 Å². The second-order valence-electron chi connectivity index (χ2n) is 8.87. The first-order chi connectivity index (χ1) is 15.0. The Labute approximate surface area is 193 Å². The Morgan fingerprint density at radius 3 is 2.62 bits per heavy atom. The molecule has 0 fully saturated rings. The first kappa shape index (κ1) is 23.9. The van der Waals surface area contributed by atoms with Crippen LogP contribution in [0.4, 0.5) is 14.6 Å². The largest absolute Gasteiger partial charge is 0.417 e. The lowest BCUT2D eigenvalue weighted by atomic mass is 9.48. The monoisotopic (exact) mass is 452 g/mol. The molecule has 0 unspecified atom stereocenters. The van der Waals surface area contributed by atoms with E-state index in [1.54, 1.807) is 21.8 Å². The molecule has 2 aromatic heterocycles. The van der Waals surface area contributed by atoms with E-state index in [1.807, 2.05) is 15.7 Å². The van der Waals surface area contributed by atoms with E-state index >= 15 is 0 Å². The molecule has 0 spiro atoms. The smallest absolute Gasteiger partial charge is 0.388 e. The predicted octanol–water partition coefficient (Wildman–Crippen LogP) is -1.11. The Morgan fingerprint density at radius 1 is 1.34 bits per heavy atom. The summed E-state index contributed by atoms with van der Waals surface area (Å²) in [6.45, 7) is -1.36. The van der Waals surface area contributed by atoms with Gasteiger partial charge in [0.25, 0.3) is 0 Å². The molecule has 3 rings (SSSR count). The third kappa shape index (κ3) is 5.17. The topological polar surface area (TPSA) is 97.9 Å². The third-order valence-corrected chi connectivity index (χ3v) is 5.44. The molecule has 0 bridgehead atoms. The fourth-order valence-corrected chi connectivity index (χ4v) is 4.20. The van der Waals surface area contributed by atoms with Gasteiger partial charge in [0.15, 0.2) is 0 Å². The van der Waals surface area contributed by atoms with Crippen LogP contribution in [0.25, 0.3) is 0 Å². The van der Waals surface area contributed by atoms with Crippen molar-refractivity contribution in [1.82, 2.24) is 14.9 Å². The Hall–Kier alpha value is -2.75. The highest BCUT2D eigenvalue weighted by molar-refractivity contribution is 6.44. The molecule has 0 radical (unpaired) electrons. The summed E-state index contributed by atoms with van der Waals surface area (Å²) in [5.74, 6) is 0.322. The van der Waals surface area contributed by atoms with E-state index in [0.29, 0.717) is 31.0 Å². The number of alkyl halides is 2. The maximum atomic E-state index is 12.4. The molecule has 2 aromatic rings. The van der Waals surface area contributed by atoms with Crippen LogP contribution in [-0.4, -0.2) is 64.7 Å². The molecule has 1 aliphatic rings. The van der Waals surface area contributed by atoms with Crippen molar-refractivity contribution in [3.05, 3.63) is 45.7 Å². The lowest BCUT2D eigenvalue weighted by Crippen LogP contribution is -2.48. The van der Waals surface area contributed by atoms with Gasteiger partial charge in [0.2, 0.25) is 5.88 Å². The van der Waals surface area contributed by atoms with Crippen molar-refractivity contribution < 1.29 is 13.5 Å². The summed E-state index contributed by atoms with van der Waals surface area (Å²) in [6, 6.07) is 7.46. The number of nitrogens with zero attached hydrogens (tertiary/aromatic N) is 5. The number of fused-ring (bicyclic) bond motifs is 1. The van der Waals surface area contributed by atoms with E-state index in [-0.39, 0.29) is 11.0 Å². The minimum atomic E-state index is -2.93. The third-order valence-electron chi connectivity index (χ3n) is 5.17. The number of hydrogen-bond donors (Lipinski definition) is 1. The summed E-state index contributed by atoms with van der Waals surface area (Å²) in [6.07, 6.45) is 1.50. The van der Waals surface area contributed by atoms with Gasteiger partial charge in [-0.3, -0.25) is 4.90 Å². The highest BCUT2D eigenvalue weighted by Gasteiger charge is 2.38. The molecule has 0 saturated carbocycles. The van der Waals surface area contributed by atoms with Crippen molar-refractivity contribution in [3.8, 4) is 18.0 Å². The fourth-order valence-electron chi connectivity index (χ4n) is 3.98. The first-order valence-corrected chi connectivity index (χ1v) is 10.3. The lowest BCUT2D eigenvalue weighted by Gasteiger charge is -2.42. The summed E-state index contributed by atoms with van der Waals surface area (Å²) >= 11 is 6.34. The maximum Gasteiger partial charge on any atom is 0.388 e. The highest BCUT2D eigenvalue weighted by Crippen LogP contribution is 2.39. The van der Waals surface area contributed by atoms with E-state index in [0.717, 1.165) is 16.7 Å². The molecule has 0 aliphatic carbocycles. The fraction of sp³-hybridized carbons (Fsp3) is 0.333. The van der Waals surface area contributed by atoms with Gasteiger partial charge in [-0.25, -0.2) is 9.97 Å². The van der Waals surface area contributed by atoms with Crippen LogP contribution < -0.4 is 10.1 Å².